The molecule has 0 heterocycles. The second kappa shape index (κ2) is 31.0. The van der Waals surface area contributed by atoms with Gasteiger partial charge in [-0.2, -0.15) is 0 Å². The van der Waals surface area contributed by atoms with Crippen LogP contribution in [0.25, 0.3) is 0 Å². The third-order valence-electron chi connectivity index (χ3n) is 6.06. The third kappa shape index (κ3) is 34.7. The number of esters is 2. The van der Waals surface area contributed by atoms with Crippen molar-refractivity contribution >= 4 is 25.7 Å². The number of carbonyl (C=O) groups is 3. The Hall–Kier alpha value is 0.520. The van der Waals surface area contributed by atoms with Gasteiger partial charge in [-0.15, -0.1) is 0 Å². The van der Waals surface area contributed by atoms with Crippen molar-refractivity contribution in [2.45, 2.75) is 136 Å². The van der Waals surface area contributed by atoms with Crippen LogP contribution in [-0.2, 0) is 32.9 Å². The molecule has 0 aliphatic heterocycles. The van der Waals surface area contributed by atoms with Crippen molar-refractivity contribution in [2.24, 2.45) is 0 Å². The monoisotopic (exact) mass is 609 g/mol. The number of nitrogens with one attached hydrogen (secondary N) is 1. The van der Waals surface area contributed by atoms with Crippen LogP contribution < -0.4 is 74.2 Å². The van der Waals surface area contributed by atoms with Crippen molar-refractivity contribution in [1.29, 1.82) is 0 Å². The van der Waals surface area contributed by atoms with Crippen LogP contribution in [0.5, 0.6) is 0 Å². The number of ether oxygens (including phenoxy) is 2. The molecule has 1 N–H and O–H groups in total. The number of rotatable bonds is 26. The fraction of sp³-hybridized carbons (Fsp3) is 0.889. The summed E-state index contributed by atoms with van der Waals surface area (Å²) < 4.78 is 25.4. The summed E-state index contributed by atoms with van der Waals surface area (Å²) in [5.41, 5.74) is 0. The summed E-state index contributed by atoms with van der Waals surface area (Å²) in [4.78, 5) is 56.6. The van der Waals surface area contributed by atoms with E-state index in [0.717, 1.165) is 44.9 Å². The Morgan fingerprint density at radius 2 is 1.15 bits per heavy atom. The van der Waals surface area contributed by atoms with Crippen LogP contribution in [0, 0.1) is 0 Å². The first-order valence-corrected chi connectivity index (χ1v) is 15.9. The van der Waals surface area contributed by atoms with Crippen LogP contribution in [0.2, 0.25) is 0 Å². The van der Waals surface area contributed by atoms with Crippen LogP contribution in [-0.4, -0.2) is 43.7 Å². The number of carbonyl (C=O) groups excluding carboxylic acids is 3. The fourth-order valence-corrected chi connectivity index (χ4v) is 4.26. The van der Waals surface area contributed by atoms with Crippen molar-refractivity contribution < 1.29 is 102 Å². The smallest absolute Gasteiger partial charge is 0.790 e. The van der Waals surface area contributed by atoms with Crippen molar-refractivity contribution in [1.82, 2.24) is 5.32 Å². The summed E-state index contributed by atoms with van der Waals surface area (Å²) in [5.74, 6) is -1.09. The van der Waals surface area contributed by atoms with Gasteiger partial charge in [0.05, 0.1) is 14.4 Å². The maximum Gasteiger partial charge on any atom is 1.00 e. The Morgan fingerprint density at radius 1 is 0.700 bits per heavy atom. The summed E-state index contributed by atoms with van der Waals surface area (Å²) in [6, 6.07) is 0. The molecule has 0 aromatic rings. The van der Waals surface area contributed by atoms with E-state index in [-0.39, 0.29) is 84.5 Å². The standard InChI is InChI=1S/C27H52NO9P.2Na/c1-3-4-5-6-7-8-9-10-11-13-17-20-27(31)37-25(23-36-38(32,33)34)22-35-26(30)19-16-14-12-15-18-21-28-24(2)29;;/h25H,3-23H2,1-2H3,(H,28,29)(H2,32,33,34);;/q;2*+1/p-2/t25-;;/m1../s1. The van der Waals surface area contributed by atoms with E-state index in [2.05, 4.69) is 16.8 Å². The van der Waals surface area contributed by atoms with E-state index in [1.807, 2.05) is 0 Å². The molecule has 0 aromatic heterocycles. The molecule has 0 aliphatic carbocycles. The Labute approximate surface area is 286 Å². The molecular weight excluding hydrogens is 559 g/mol. The zero-order valence-electron chi connectivity index (χ0n) is 25.5. The van der Waals surface area contributed by atoms with E-state index in [9.17, 15) is 28.7 Å². The van der Waals surface area contributed by atoms with E-state index in [1.165, 1.54) is 51.9 Å². The molecule has 224 valence electrons. The number of hydrogen-bond donors (Lipinski definition) is 1. The average molecular weight is 610 g/mol. The van der Waals surface area contributed by atoms with Crippen LogP contribution in [0.1, 0.15) is 129 Å². The summed E-state index contributed by atoms with van der Waals surface area (Å²) in [6.07, 6.45) is 16.0. The van der Waals surface area contributed by atoms with E-state index in [4.69, 9.17) is 9.47 Å². The van der Waals surface area contributed by atoms with Gasteiger partial charge in [-0.3, -0.25) is 14.4 Å². The first-order valence-electron chi connectivity index (χ1n) is 14.4. The summed E-state index contributed by atoms with van der Waals surface area (Å²) in [7, 11) is -5.25. The summed E-state index contributed by atoms with van der Waals surface area (Å²) in [5, 5.41) is 2.73. The number of hydrogen-bond acceptors (Lipinski definition) is 9. The van der Waals surface area contributed by atoms with Gasteiger partial charge < -0.3 is 33.7 Å². The van der Waals surface area contributed by atoms with Crippen LogP contribution in [0.15, 0.2) is 0 Å². The molecule has 0 spiro atoms. The minimum absolute atomic E-state index is 0. The van der Waals surface area contributed by atoms with Crippen LogP contribution >= 0.6 is 7.82 Å². The molecule has 40 heavy (non-hydrogen) atoms. The molecular formula is C27H50NNa2O9P. The minimum Gasteiger partial charge on any atom is -0.790 e. The number of unbranched alkanes of at least 4 members (excludes halogenated alkanes) is 14. The maximum atomic E-state index is 12.2. The van der Waals surface area contributed by atoms with Gasteiger partial charge in [0.15, 0.2) is 6.10 Å². The van der Waals surface area contributed by atoms with Gasteiger partial charge >= 0.3 is 71.1 Å². The van der Waals surface area contributed by atoms with Gasteiger partial charge in [0.25, 0.3) is 0 Å². The SMILES string of the molecule is CCCCCCCCCCCCCC(=O)O[C@H](COC(=O)CCCCCCCNC(C)=O)COP(=O)([O-])[O-].[Na+].[Na+]. The zero-order valence-corrected chi connectivity index (χ0v) is 30.4. The molecule has 0 aromatic carbocycles. The van der Waals surface area contributed by atoms with Gasteiger partial charge in [-0.1, -0.05) is 90.4 Å². The van der Waals surface area contributed by atoms with Gasteiger partial charge in [-0.25, -0.2) is 0 Å². The maximum absolute atomic E-state index is 12.2. The summed E-state index contributed by atoms with van der Waals surface area (Å²) >= 11 is 0. The summed E-state index contributed by atoms with van der Waals surface area (Å²) in [6.45, 7) is 3.26. The zero-order chi connectivity index (χ0) is 28.5. The van der Waals surface area contributed by atoms with Crippen molar-refractivity contribution in [3.05, 3.63) is 0 Å². The Bertz CT molecular complexity index is 680. The van der Waals surface area contributed by atoms with E-state index >= 15 is 0 Å². The fourth-order valence-electron chi connectivity index (χ4n) is 3.92. The van der Waals surface area contributed by atoms with Gasteiger partial charge in [0.2, 0.25) is 5.91 Å². The van der Waals surface area contributed by atoms with E-state index in [0.29, 0.717) is 19.4 Å². The molecule has 0 aliphatic rings. The molecule has 13 heteroatoms. The van der Waals surface area contributed by atoms with Gasteiger partial charge in [0.1, 0.15) is 6.61 Å². The quantitative estimate of drug-likeness (QED) is 0.0533. The second-order valence-corrected chi connectivity index (χ2v) is 11.0. The molecule has 0 bridgehead atoms. The molecule has 0 saturated carbocycles. The molecule has 0 saturated heterocycles. The largest absolute Gasteiger partial charge is 1.00 e. The second-order valence-electron chi connectivity index (χ2n) is 9.82. The van der Waals surface area contributed by atoms with Crippen LogP contribution in [0.3, 0.4) is 0 Å². The molecule has 0 unspecified atom stereocenters. The van der Waals surface area contributed by atoms with Gasteiger partial charge in [-0.05, 0) is 19.3 Å². The van der Waals surface area contributed by atoms with Crippen molar-refractivity contribution in [2.75, 3.05) is 19.8 Å². The number of amides is 1. The predicted molar refractivity (Wildman–Crippen MR) is 142 cm³/mol. The predicted octanol–water partition coefficient (Wildman–Crippen LogP) is -1.53. The van der Waals surface area contributed by atoms with Crippen molar-refractivity contribution in [3.8, 4) is 0 Å². The Morgan fingerprint density at radius 3 is 1.62 bits per heavy atom. The topological polar surface area (TPSA) is 154 Å². The molecule has 0 fully saturated rings. The van der Waals surface area contributed by atoms with Crippen LogP contribution in [0.4, 0.5) is 0 Å². The van der Waals surface area contributed by atoms with Gasteiger partial charge in [0, 0.05) is 26.3 Å². The Balaban J connectivity index is -0.00000684. The number of phosphoric ester groups is 1. The Kier molecular flexibility index (Phi) is 34.8. The first-order chi connectivity index (χ1) is 18.1. The van der Waals surface area contributed by atoms with E-state index in [1.54, 1.807) is 0 Å². The first kappa shape index (κ1) is 45.0. The third-order valence-corrected chi connectivity index (χ3v) is 6.53. The average Bonchev–Trinajstić information content (AvgIpc) is 2.85. The minimum atomic E-state index is -5.25. The van der Waals surface area contributed by atoms with Crippen molar-refractivity contribution in [3.63, 3.8) is 0 Å². The normalized spacial score (nSPS) is 11.6. The number of phosphoric acid groups is 1. The molecule has 10 nitrogen and oxygen atoms in total. The molecule has 0 radical (unpaired) electrons. The van der Waals surface area contributed by atoms with E-state index < -0.39 is 32.5 Å². The molecule has 0 rings (SSSR count). The molecule has 1 amide bonds. The molecule has 1 atom stereocenters.